The Morgan fingerprint density at radius 2 is 2.00 bits per heavy atom. The zero-order valence-electron chi connectivity index (χ0n) is 8.19. The van der Waals surface area contributed by atoms with Crippen LogP contribution in [0.5, 0.6) is 0 Å². The molecule has 1 aliphatic rings. The van der Waals surface area contributed by atoms with Gasteiger partial charge in [0.2, 0.25) is 0 Å². The molecule has 78 valence electrons. The van der Waals surface area contributed by atoms with E-state index in [9.17, 15) is 8.42 Å². The summed E-state index contributed by atoms with van der Waals surface area (Å²) < 4.78 is 22.4. The Labute approximate surface area is 86.3 Å². The molecule has 1 saturated heterocycles. The SMILES string of the molecule is CCP(CC)SC1CCS(=O)(=O)C1. The van der Waals surface area contributed by atoms with E-state index < -0.39 is 9.84 Å². The summed E-state index contributed by atoms with van der Waals surface area (Å²) in [6.45, 7) is 4.40. The topological polar surface area (TPSA) is 34.1 Å². The molecule has 1 unspecified atom stereocenters. The van der Waals surface area contributed by atoms with E-state index in [2.05, 4.69) is 13.8 Å². The van der Waals surface area contributed by atoms with Gasteiger partial charge in [-0.1, -0.05) is 13.8 Å². The van der Waals surface area contributed by atoms with Crippen LogP contribution in [0.25, 0.3) is 0 Å². The van der Waals surface area contributed by atoms with Gasteiger partial charge in [-0.2, -0.15) is 0 Å². The third-order valence-corrected chi connectivity index (χ3v) is 9.92. The molecule has 0 saturated carbocycles. The second-order valence-corrected chi connectivity index (χ2v) is 10.8. The van der Waals surface area contributed by atoms with Gasteiger partial charge >= 0.3 is 0 Å². The van der Waals surface area contributed by atoms with Gasteiger partial charge in [-0.15, -0.1) is 11.4 Å². The molecule has 1 fully saturated rings. The molecule has 0 spiro atoms. The lowest BCUT2D eigenvalue weighted by Crippen LogP contribution is -2.05. The Kier molecular flexibility index (Phi) is 4.53. The van der Waals surface area contributed by atoms with Crippen molar-refractivity contribution in [1.29, 1.82) is 0 Å². The molecule has 5 heteroatoms. The van der Waals surface area contributed by atoms with Crippen LogP contribution in [-0.2, 0) is 9.84 Å². The fraction of sp³-hybridized carbons (Fsp3) is 1.00. The highest BCUT2D eigenvalue weighted by atomic mass is 32.7. The van der Waals surface area contributed by atoms with E-state index in [1.807, 2.05) is 11.4 Å². The monoisotopic (exact) mass is 240 g/mol. The van der Waals surface area contributed by atoms with Crippen molar-refractivity contribution in [2.75, 3.05) is 23.8 Å². The van der Waals surface area contributed by atoms with E-state index in [0.29, 0.717) is 16.8 Å². The fourth-order valence-electron chi connectivity index (χ4n) is 1.43. The Morgan fingerprint density at radius 3 is 2.38 bits per heavy atom. The molecule has 2 nitrogen and oxygen atoms in total. The number of hydrogen-bond donors (Lipinski definition) is 0. The van der Waals surface area contributed by atoms with Crippen LogP contribution in [-0.4, -0.2) is 37.5 Å². The number of rotatable bonds is 4. The third-order valence-electron chi connectivity index (χ3n) is 2.19. The van der Waals surface area contributed by atoms with Crippen LogP contribution in [0.3, 0.4) is 0 Å². The highest BCUT2D eigenvalue weighted by Crippen LogP contribution is 2.53. The second-order valence-electron chi connectivity index (χ2n) is 3.24. The van der Waals surface area contributed by atoms with Gasteiger partial charge in [0, 0.05) is 5.25 Å². The van der Waals surface area contributed by atoms with Crippen LogP contribution in [0.15, 0.2) is 0 Å². The van der Waals surface area contributed by atoms with E-state index in [1.54, 1.807) is 0 Å². The van der Waals surface area contributed by atoms with Gasteiger partial charge in [0.15, 0.2) is 9.84 Å². The molecular formula is C8H17O2PS2. The Bertz CT molecular complexity index is 247. The zero-order valence-corrected chi connectivity index (χ0v) is 10.7. The Balaban J connectivity index is 2.39. The molecule has 0 amide bonds. The molecule has 1 atom stereocenters. The van der Waals surface area contributed by atoms with E-state index in [4.69, 9.17) is 0 Å². The van der Waals surface area contributed by atoms with Crippen LogP contribution in [0.2, 0.25) is 0 Å². The minimum Gasteiger partial charge on any atom is -0.229 e. The first kappa shape index (κ1) is 11.8. The third kappa shape index (κ3) is 3.77. The lowest BCUT2D eigenvalue weighted by Gasteiger charge is -2.16. The van der Waals surface area contributed by atoms with Crippen LogP contribution >= 0.6 is 18.5 Å². The van der Waals surface area contributed by atoms with Crippen molar-refractivity contribution in [3.63, 3.8) is 0 Å². The number of sulfone groups is 1. The molecule has 1 rings (SSSR count). The molecule has 0 N–H and O–H groups in total. The molecule has 0 aliphatic carbocycles. The first-order chi connectivity index (χ1) is 6.07. The van der Waals surface area contributed by atoms with Gasteiger partial charge in [-0.25, -0.2) is 8.42 Å². The molecule has 1 heterocycles. The van der Waals surface area contributed by atoms with E-state index in [0.717, 1.165) is 6.42 Å². The molecule has 13 heavy (non-hydrogen) atoms. The van der Waals surface area contributed by atoms with Crippen LogP contribution < -0.4 is 0 Å². The summed E-state index contributed by atoms with van der Waals surface area (Å²) in [6.07, 6.45) is 3.31. The summed E-state index contributed by atoms with van der Waals surface area (Å²) in [7, 11) is -2.62. The van der Waals surface area contributed by atoms with Crippen molar-refractivity contribution >= 4 is 28.3 Å². The maximum atomic E-state index is 11.2. The maximum Gasteiger partial charge on any atom is 0.151 e. The lowest BCUT2D eigenvalue weighted by atomic mass is 10.4. The molecule has 0 aromatic rings. The van der Waals surface area contributed by atoms with E-state index in [1.165, 1.54) is 12.3 Å². The minimum atomic E-state index is -2.67. The van der Waals surface area contributed by atoms with Crippen molar-refractivity contribution in [3.05, 3.63) is 0 Å². The lowest BCUT2D eigenvalue weighted by molar-refractivity contribution is 0.602. The summed E-state index contributed by atoms with van der Waals surface area (Å²) in [5.41, 5.74) is 0. The Hall–Kier alpha value is 0.730. The quantitative estimate of drug-likeness (QED) is 0.707. The number of hydrogen-bond acceptors (Lipinski definition) is 3. The smallest absolute Gasteiger partial charge is 0.151 e. The summed E-state index contributed by atoms with van der Waals surface area (Å²) in [6, 6.07) is 0. The highest BCUT2D eigenvalue weighted by Gasteiger charge is 2.29. The average Bonchev–Trinajstić information content (AvgIpc) is 2.41. The van der Waals surface area contributed by atoms with Gasteiger partial charge in [0.25, 0.3) is 0 Å². The molecule has 0 radical (unpaired) electrons. The van der Waals surface area contributed by atoms with Gasteiger partial charge < -0.3 is 0 Å². The predicted molar refractivity (Wildman–Crippen MR) is 62.7 cm³/mol. The maximum absolute atomic E-state index is 11.2. The van der Waals surface area contributed by atoms with Crippen molar-refractivity contribution < 1.29 is 8.42 Å². The van der Waals surface area contributed by atoms with Gasteiger partial charge in [-0.05, 0) is 25.9 Å². The van der Waals surface area contributed by atoms with Crippen LogP contribution in [0.1, 0.15) is 20.3 Å². The molecule has 0 aromatic carbocycles. The van der Waals surface area contributed by atoms with Crippen molar-refractivity contribution in [2.24, 2.45) is 0 Å². The molecular weight excluding hydrogens is 223 g/mol. The average molecular weight is 240 g/mol. The summed E-state index contributed by atoms with van der Waals surface area (Å²) >= 11 is 1.94. The summed E-state index contributed by atoms with van der Waals surface area (Å²) in [5, 5.41) is 0.399. The van der Waals surface area contributed by atoms with Gasteiger partial charge in [-0.3, -0.25) is 0 Å². The minimum absolute atomic E-state index is 0.0435. The van der Waals surface area contributed by atoms with Gasteiger partial charge in [0.1, 0.15) is 0 Å². The molecule has 1 aliphatic heterocycles. The summed E-state index contributed by atoms with van der Waals surface area (Å²) in [5.74, 6) is 0.845. The zero-order chi connectivity index (χ0) is 9.90. The molecule has 0 bridgehead atoms. The van der Waals surface area contributed by atoms with E-state index in [-0.39, 0.29) is 7.12 Å². The van der Waals surface area contributed by atoms with Crippen LogP contribution in [0.4, 0.5) is 0 Å². The van der Waals surface area contributed by atoms with Crippen molar-refractivity contribution in [1.82, 2.24) is 0 Å². The Morgan fingerprint density at radius 1 is 1.38 bits per heavy atom. The largest absolute Gasteiger partial charge is 0.229 e. The van der Waals surface area contributed by atoms with Crippen molar-refractivity contribution in [2.45, 2.75) is 25.5 Å². The predicted octanol–water partition coefficient (Wildman–Crippen LogP) is 2.34. The van der Waals surface area contributed by atoms with Crippen LogP contribution in [0, 0.1) is 0 Å². The van der Waals surface area contributed by atoms with Crippen molar-refractivity contribution in [3.8, 4) is 0 Å². The normalized spacial score (nSPS) is 26.8. The first-order valence-electron chi connectivity index (χ1n) is 4.69. The first-order valence-corrected chi connectivity index (χ1v) is 9.71. The summed E-state index contributed by atoms with van der Waals surface area (Å²) in [4.78, 5) is 0. The second kappa shape index (κ2) is 4.99. The van der Waals surface area contributed by atoms with Gasteiger partial charge in [0.05, 0.1) is 11.5 Å². The highest BCUT2D eigenvalue weighted by molar-refractivity contribution is 8.56. The molecule has 0 aromatic heterocycles. The van der Waals surface area contributed by atoms with E-state index >= 15 is 0 Å². The fourth-order valence-corrected chi connectivity index (χ4v) is 8.40. The standard InChI is InChI=1S/C8H17O2PS2/c1-3-11(4-2)12-8-5-6-13(9,10)7-8/h8H,3-7H2,1-2H3.